The molecule has 12 heavy (non-hydrogen) atoms. The Morgan fingerprint density at radius 3 is 2.17 bits per heavy atom. The second-order valence-corrected chi connectivity index (χ2v) is 2.10. The second kappa shape index (κ2) is 10.7. The number of rotatable bonds is 8. The van der Waals surface area contributed by atoms with Crippen molar-refractivity contribution in [1.29, 1.82) is 0 Å². The molecule has 0 radical (unpaired) electrons. The summed E-state index contributed by atoms with van der Waals surface area (Å²) in [6.07, 6.45) is 4.96. The maximum atomic E-state index is 5.26. The third kappa shape index (κ3) is 9.73. The van der Waals surface area contributed by atoms with E-state index in [9.17, 15) is 0 Å². The van der Waals surface area contributed by atoms with Gasteiger partial charge in [0, 0.05) is 0 Å². The molecule has 70 valence electrons. The number of hydrogen-bond acceptors (Lipinski definition) is 3. The van der Waals surface area contributed by atoms with E-state index in [2.05, 4.69) is 5.92 Å². The number of alkyl halides is 1. The van der Waals surface area contributed by atoms with Gasteiger partial charge in [-0.25, -0.2) is 0 Å². The molecule has 0 unspecified atom stereocenters. The molecular weight excluding hydrogens is 180 g/mol. The van der Waals surface area contributed by atoms with Crippen molar-refractivity contribution in [2.24, 2.45) is 0 Å². The molecule has 0 saturated carbocycles. The van der Waals surface area contributed by atoms with Crippen LogP contribution in [0.15, 0.2) is 0 Å². The Morgan fingerprint density at radius 1 is 1.00 bits per heavy atom. The molecule has 0 aromatic carbocycles. The standard InChI is InChI=1S/C8H13ClO3/c1-2-3-10-4-5-11-6-7-12-8-9/h1H,3-8H2. The molecule has 0 aromatic heterocycles. The van der Waals surface area contributed by atoms with Crippen molar-refractivity contribution < 1.29 is 14.2 Å². The third-order valence-corrected chi connectivity index (χ3v) is 1.16. The van der Waals surface area contributed by atoms with Crippen LogP contribution in [-0.4, -0.2) is 39.1 Å². The van der Waals surface area contributed by atoms with Gasteiger partial charge in [0.2, 0.25) is 0 Å². The van der Waals surface area contributed by atoms with E-state index in [-0.39, 0.29) is 6.07 Å². The highest BCUT2D eigenvalue weighted by atomic mass is 35.5. The summed E-state index contributed by atoms with van der Waals surface area (Å²) in [5.41, 5.74) is 0. The summed E-state index contributed by atoms with van der Waals surface area (Å²) in [7, 11) is 0. The number of ether oxygens (including phenoxy) is 3. The van der Waals surface area contributed by atoms with E-state index >= 15 is 0 Å². The smallest absolute Gasteiger partial charge is 0.120 e. The average Bonchev–Trinajstić information content (AvgIpc) is 2.10. The Morgan fingerprint density at radius 2 is 1.58 bits per heavy atom. The molecule has 0 N–H and O–H groups in total. The minimum Gasteiger partial charge on any atom is -0.377 e. The van der Waals surface area contributed by atoms with E-state index < -0.39 is 0 Å². The lowest BCUT2D eigenvalue weighted by molar-refractivity contribution is 0.0292. The van der Waals surface area contributed by atoms with Crippen LogP contribution in [0.4, 0.5) is 0 Å². The van der Waals surface area contributed by atoms with E-state index in [1.54, 1.807) is 0 Å². The van der Waals surface area contributed by atoms with Crippen molar-refractivity contribution in [3.63, 3.8) is 0 Å². The Balaban J connectivity index is 2.78. The summed E-state index contributed by atoms with van der Waals surface area (Å²) in [5, 5.41) is 0. The molecule has 0 spiro atoms. The van der Waals surface area contributed by atoms with Crippen molar-refractivity contribution in [2.45, 2.75) is 0 Å². The van der Waals surface area contributed by atoms with Gasteiger partial charge in [0.05, 0.1) is 26.4 Å². The van der Waals surface area contributed by atoms with Crippen LogP contribution in [0.1, 0.15) is 0 Å². The van der Waals surface area contributed by atoms with Gasteiger partial charge in [-0.2, -0.15) is 0 Å². The molecule has 0 amide bonds. The molecule has 0 saturated heterocycles. The molecule has 0 bridgehead atoms. The van der Waals surface area contributed by atoms with E-state index in [4.69, 9.17) is 32.2 Å². The Bertz CT molecular complexity index is 122. The normalized spacial score (nSPS) is 9.67. The lowest BCUT2D eigenvalue weighted by atomic mass is 10.7. The largest absolute Gasteiger partial charge is 0.377 e. The molecule has 4 heteroatoms. The van der Waals surface area contributed by atoms with Crippen LogP contribution >= 0.6 is 11.6 Å². The quantitative estimate of drug-likeness (QED) is 0.325. The minimum atomic E-state index is 0.205. The summed E-state index contributed by atoms with van der Waals surface area (Å²) >= 11 is 5.26. The zero-order valence-corrected chi connectivity index (χ0v) is 7.68. The lowest BCUT2D eigenvalue weighted by Crippen LogP contribution is -2.08. The van der Waals surface area contributed by atoms with E-state index in [1.807, 2.05) is 0 Å². The van der Waals surface area contributed by atoms with Gasteiger partial charge in [-0.05, 0) is 0 Å². The monoisotopic (exact) mass is 192 g/mol. The molecule has 0 atom stereocenters. The highest BCUT2D eigenvalue weighted by Crippen LogP contribution is 1.81. The molecule has 0 aliphatic carbocycles. The zero-order valence-electron chi connectivity index (χ0n) is 6.92. The molecule has 0 heterocycles. The fourth-order valence-corrected chi connectivity index (χ4v) is 0.633. The summed E-state index contributed by atoms with van der Waals surface area (Å²) in [5.74, 6) is 2.36. The topological polar surface area (TPSA) is 27.7 Å². The maximum Gasteiger partial charge on any atom is 0.120 e. The van der Waals surface area contributed by atoms with Crippen molar-refractivity contribution in [3.05, 3.63) is 0 Å². The maximum absolute atomic E-state index is 5.26. The molecule has 0 aromatic rings. The van der Waals surface area contributed by atoms with Crippen molar-refractivity contribution >= 4 is 11.6 Å². The lowest BCUT2D eigenvalue weighted by Gasteiger charge is -2.03. The molecule has 3 nitrogen and oxygen atoms in total. The van der Waals surface area contributed by atoms with Crippen LogP contribution in [-0.2, 0) is 14.2 Å². The average molecular weight is 193 g/mol. The Labute approximate surface area is 77.9 Å². The highest BCUT2D eigenvalue weighted by Gasteiger charge is 1.88. The third-order valence-electron chi connectivity index (χ3n) is 1.01. The van der Waals surface area contributed by atoms with Crippen LogP contribution in [0.25, 0.3) is 0 Å². The van der Waals surface area contributed by atoms with Crippen LogP contribution in [0.3, 0.4) is 0 Å². The van der Waals surface area contributed by atoms with Crippen LogP contribution in [0, 0.1) is 12.3 Å². The Kier molecular flexibility index (Phi) is 10.5. The first kappa shape index (κ1) is 11.7. The van der Waals surface area contributed by atoms with Gasteiger partial charge in [0.1, 0.15) is 12.7 Å². The van der Waals surface area contributed by atoms with Gasteiger partial charge in [0.15, 0.2) is 0 Å². The zero-order chi connectivity index (χ0) is 9.07. The van der Waals surface area contributed by atoms with E-state index in [0.29, 0.717) is 33.0 Å². The van der Waals surface area contributed by atoms with Crippen molar-refractivity contribution in [3.8, 4) is 12.3 Å². The molecule has 0 aliphatic rings. The number of terminal acetylenes is 1. The number of hydrogen-bond donors (Lipinski definition) is 0. The van der Waals surface area contributed by atoms with Crippen LogP contribution < -0.4 is 0 Å². The molecule has 0 rings (SSSR count). The predicted octanol–water partition coefficient (Wildman–Crippen LogP) is 0.866. The van der Waals surface area contributed by atoms with Crippen molar-refractivity contribution in [2.75, 3.05) is 39.1 Å². The van der Waals surface area contributed by atoms with Gasteiger partial charge < -0.3 is 14.2 Å². The molecular formula is C8H13ClO3. The van der Waals surface area contributed by atoms with Crippen LogP contribution in [0.2, 0.25) is 0 Å². The van der Waals surface area contributed by atoms with Crippen molar-refractivity contribution in [1.82, 2.24) is 0 Å². The first-order valence-electron chi connectivity index (χ1n) is 3.64. The summed E-state index contributed by atoms with van der Waals surface area (Å²) in [4.78, 5) is 0. The number of halogens is 1. The highest BCUT2D eigenvalue weighted by molar-refractivity contribution is 6.17. The van der Waals surface area contributed by atoms with Crippen LogP contribution in [0.5, 0.6) is 0 Å². The van der Waals surface area contributed by atoms with Gasteiger partial charge >= 0.3 is 0 Å². The first-order chi connectivity index (χ1) is 5.91. The van der Waals surface area contributed by atoms with Gasteiger partial charge in [-0.3, -0.25) is 0 Å². The molecule has 0 aliphatic heterocycles. The SMILES string of the molecule is C#CCOCCOCCOCCl. The minimum absolute atomic E-state index is 0.205. The first-order valence-corrected chi connectivity index (χ1v) is 4.18. The Hall–Kier alpha value is -0.270. The summed E-state index contributed by atoms with van der Waals surface area (Å²) < 4.78 is 14.9. The predicted molar refractivity (Wildman–Crippen MR) is 47.1 cm³/mol. The van der Waals surface area contributed by atoms with Gasteiger partial charge in [-0.15, -0.1) is 6.42 Å². The van der Waals surface area contributed by atoms with Gasteiger partial charge in [-0.1, -0.05) is 17.5 Å². The fraction of sp³-hybridized carbons (Fsp3) is 0.750. The van der Waals surface area contributed by atoms with E-state index in [0.717, 1.165) is 0 Å². The van der Waals surface area contributed by atoms with E-state index in [1.165, 1.54) is 0 Å². The fourth-order valence-electron chi connectivity index (χ4n) is 0.523. The summed E-state index contributed by atoms with van der Waals surface area (Å²) in [6, 6.07) is 0.205. The molecule has 0 fully saturated rings. The van der Waals surface area contributed by atoms with Gasteiger partial charge in [0.25, 0.3) is 0 Å². The second-order valence-electron chi connectivity index (χ2n) is 1.89. The summed E-state index contributed by atoms with van der Waals surface area (Å²) in [6.45, 7) is 2.44.